The molecule has 5 rings (SSSR count). The van der Waals surface area contributed by atoms with Gasteiger partial charge in [0.25, 0.3) is 5.91 Å². The maximum Gasteiger partial charge on any atom is 0.261 e. The topological polar surface area (TPSA) is 94.6 Å². The number of morpholine rings is 1. The van der Waals surface area contributed by atoms with Crippen LogP contribution in [0.5, 0.6) is 17.2 Å². The van der Waals surface area contributed by atoms with Crippen molar-refractivity contribution in [1.29, 1.82) is 0 Å². The molecular weight excluding hydrogens is 460 g/mol. The molecule has 34 heavy (non-hydrogen) atoms. The van der Waals surface area contributed by atoms with Crippen molar-refractivity contribution in [2.24, 2.45) is 0 Å². The Bertz CT molecular complexity index is 1130. The summed E-state index contributed by atoms with van der Waals surface area (Å²) < 4.78 is 49.1. The number of ether oxygens (including phenoxy) is 4. The summed E-state index contributed by atoms with van der Waals surface area (Å²) in [7, 11) is -3.56. The van der Waals surface area contributed by atoms with Crippen LogP contribution < -0.4 is 14.2 Å². The summed E-state index contributed by atoms with van der Waals surface area (Å²) in [5, 5.41) is 0. The first-order valence-corrected chi connectivity index (χ1v) is 13.0. The van der Waals surface area contributed by atoms with Gasteiger partial charge in [-0.1, -0.05) is 6.07 Å². The molecule has 0 N–H and O–H groups in total. The number of sulfonamides is 1. The minimum atomic E-state index is -3.56. The monoisotopic (exact) mass is 488 g/mol. The number of nitrogens with zero attached hydrogens (tertiary/aromatic N) is 2. The smallest absolute Gasteiger partial charge is 0.261 e. The Morgan fingerprint density at radius 2 is 1.68 bits per heavy atom. The molecule has 0 bridgehead atoms. The third-order valence-electron chi connectivity index (χ3n) is 6.32. The van der Waals surface area contributed by atoms with Gasteiger partial charge >= 0.3 is 0 Å². The normalized spacial score (nSPS) is 20.8. The molecular formula is C24H28N2O7S. The van der Waals surface area contributed by atoms with E-state index in [0.29, 0.717) is 57.6 Å². The molecule has 1 atom stereocenters. The van der Waals surface area contributed by atoms with Crippen LogP contribution in [0.3, 0.4) is 0 Å². The van der Waals surface area contributed by atoms with Crippen LogP contribution in [0.15, 0.2) is 47.4 Å². The minimum absolute atomic E-state index is 0.0343. The fraction of sp³-hybridized carbons (Fsp3) is 0.458. The summed E-state index contributed by atoms with van der Waals surface area (Å²) in [6.45, 7) is 3.08. The molecule has 3 aliphatic heterocycles. The number of benzene rings is 2. The van der Waals surface area contributed by atoms with Gasteiger partial charge in [0.05, 0.1) is 24.2 Å². The maximum atomic E-state index is 13.0. The Morgan fingerprint density at radius 1 is 0.941 bits per heavy atom. The highest BCUT2D eigenvalue weighted by Crippen LogP contribution is 2.38. The van der Waals surface area contributed by atoms with Gasteiger partial charge in [-0.15, -0.1) is 0 Å². The Hall–Kier alpha value is -2.82. The summed E-state index contributed by atoms with van der Waals surface area (Å²) in [5.41, 5.74) is 1.02. The molecule has 9 nitrogen and oxygen atoms in total. The molecule has 0 unspecified atom stereocenters. The molecule has 2 aromatic carbocycles. The predicted octanol–water partition coefficient (Wildman–Crippen LogP) is 2.22. The molecule has 0 spiro atoms. The van der Waals surface area contributed by atoms with Crippen molar-refractivity contribution in [3.8, 4) is 17.2 Å². The van der Waals surface area contributed by atoms with E-state index in [1.54, 1.807) is 12.1 Å². The molecule has 3 aliphatic rings. The van der Waals surface area contributed by atoms with Crippen molar-refractivity contribution in [3.63, 3.8) is 0 Å². The lowest BCUT2D eigenvalue weighted by atomic mass is 10.0. The number of hydrogen-bond donors (Lipinski definition) is 0. The second kappa shape index (κ2) is 9.81. The van der Waals surface area contributed by atoms with Crippen LogP contribution in [0.1, 0.15) is 24.4 Å². The van der Waals surface area contributed by atoms with Crippen molar-refractivity contribution >= 4 is 15.9 Å². The Morgan fingerprint density at radius 3 is 2.44 bits per heavy atom. The van der Waals surface area contributed by atoms with Gasteiger partial charge < -0.3 is 23.8 Å². The van der Waals surface area contributed by atoms with Crippen molar-refractivity contribution in [2.45, 2.75) is 23.8 Å². The number of rotatable bonds is 6. The van der Waals surface area contributed by atoms with E-state index in [2.05, 4.69) is 0 Å². The summed E-state index contributed by atoms with van der Waals surface area (Å²) in [4.78, 5) is 15.0. The standard InChI is InChI=1S/C24H28N2O7S/c27-24(26-9-1-2-21(26)18-3-8-22-23(16-18)32-15-14-31-22)17-33-19-4-6-20(7-5-19)34(28,29)25-10-12-30-13-11-25/h3-8,16,21H,1-2,9-15,17H2/t21-/m0/s1. The molecule has 2 fully saturated rings. The highest BCUT2D eigenvalue weighted by molar-refractivity contribution is 7.89. The second-order valence-electron chi connectivity index (χ2n) is 8.42. The predicted molar refractivity (Wildman–Crippen MR) is 123 cm³/mol. The largest absolute Gasteiger partial charge is 0.486 e. The van der Waals surface area contributed by atoms with Gasteiger partial charge in [-0.3, -0.25) is 4.79 Å². The first-order valence-electron chi connectivity index (χ1n) is 11.5. The Labute approximate surface area is 199 Å². The van der Waals surface area contributed by atoms with Gasteiger partial charge in [0.15, 0.2) is 18.1 Å². The molecule has 2 saturated heterocycles. The fourth-order valence-electron chi connectivity index (χ4n) is 4.55. The molecule has 10 heteroatoms. The minimum Gasteiger partial charge on any atom is -0.486 e. The fourth-order valence-corrected chi connectivity index (χ4v) is 5.96. The van der Waals surface area contributed by atoms with E-state index in [9.17, 15) is 13.2 Å². The van der Waals surface area contributed by atoms with E-state index in [1.165, 1.54) is 16.4 Å². The lowest BCUT2D eigenvalue weighted by molar-refractivity contribution is -0.134. The van der Waals surface area contributed by atoms with E-state index in [0.717, 1.165) is 24.2 Å². The van der Waals surface area contributed by atoms with E-state index in [-0.39, 0.29) is 23.5 Å². The van der Waals surface area contributed by atoms with E-state index in [1.807, 2.05) is 23.1 Å². The van der Waals surface area contributed by atoms with Crippen molar-refractivity contribution in [3.05, 3.63) is 48.0 Å². The molecule has 0 aromatic heterocycles. The summed E-state index contributed by atoms with van der Waals surface area (Å²) in [6, 6.07) is 12.0. The molecule has 0 radical (unpaired) electrons. The van der Waals surface area contributed by atoms with Crippen LogP contribution in [-0.4, -0.2) is 76.2 Å². The van der Waals surface area contributed by atoms with Crippen molar-refractivity contribution in [1.82, 2.24) is 9.21 Å². The summed E-state index contributed by atoms with van der Waals surface area (Å²) in [5.74, 6) is 1.78. The average Bonchev–Trinajstić information content (AvgIpc) is 3.38. The number of fused-ring (bicyclic) bond motifs is 1. The summed E-state index contributed by atoms with van der Waals surface area (Å²) >= 11 is 0. The number of amides is 1. The van der Waals surface area contributed by atoms with Gasteiger partial charge in [-0.05, 0) is 54.8 Å². The van der Waals surface area contributed by atoms with Crippen LogP contribution in [0.25, 0.3) is 0 Å². The van der Waals surface area contributed by atoms with Crippen LogP contribution in [0.2, 0.25) is 0 Å². The molecule has 0 saturated carbocycles. The van der Waals surface area contributed by atoms with Crippen LogP contribution >= 0.6 is 0 Å². The first-order chi connectivity index (χ1) is 16.5. The molecule has 2 aromatic rings. The Kier molecular flexibility index (Phi) is 6.62. The lowest BCUT2D eigenvalue weighted by Gasteiger charge is -2.27. The van der Waals surface area contributed by atoms with Crippen molar-refractivity contribution < 1.29 is 32.2 Å². The van der Waals surface area contributed by atoms with Gasteiger partial charge in [-0.2, -0.15) is 4.31 Å². The van der Waals surface area contributed by atoms with Crippen LogP contribution in [0.4, 0.5) is 0 Å². The second-order valence-corrected chi connectivity index (χ2v) is 10.4. The highest BCUT2D eigenvalue weighted by atomic mass is 32.2. The quantitative estimate of drug-likeness (QED) is 0.615. The van der Waals surface area contributed by atoms with E-state index >= 15 is 0 Å². The van der Waals surface area contributed by atoms with Crippen LogP contribution in [0, 0.1) is 0 Å². The first kappa shape index (κ1) is 22.9. The van der Waals surface area contributed by atoms with Gasteiger partial charge in [0, 0.05) is 19.6 Å². The number of carbonyl (C=O) groups is 1. The zero-order chi connectivity index (χ0) is 23.5. The number of carbonyl (C=O) groups excluding carboxylic acids is 1. The Balaban J connectivity index is 1.21. The third kappa shape index (κ3) is 4.70. The SMILES string of the molecule is O=C(COc1ccc(S(=O)(=O)N2CCOCC2)cc1)N1CCC[C@H]1c1ccc2c(c1)OCCO2. The lowest BCUT2D eigenvalue weighted by Crippen LogP contribution is -2.40. The molecule has 3 heterocycles. The van der Waals surface area contributed by atoms with E-state index in [4.69, 9.17) is 18.9 Å². The number of hydrogen-bond acceptors (Lipinski definition) is 7. The third-order valence-corrected chi connectivity index (χ3v) is 8.23. The number of likely N-dealkylation sites (tertiary alicyclic amines) is 1. The summed E-state index contributed by atoms with van der Waals surface area (Å²) in [6.07, 6.45) is 1.79. The van der Waals surface area contributed by atoms with Gasteiger partial charge in [-0.25, -0.2) is 8.42 Å². The zero-order valence-corrected chi connectivity index (χ0v) is 19.7. The molecule has 182 valence electrons. The average molecular weight is 489 g/mol. The maximum absolute atomic E-state index is 13.0. The molecule has 1 amide bonds. The van der Waals surface area contributed by atoms with Gasteiger partial charge in [0.1, 0.15) is 19.0 Å². The van der Waals surface area contributed by atoms with Gasteiger partial charge in [0.2, 0.25) is 10.0 Å². The highest BCUT2D eigenvalue weighted by Gasteiger charge is 2.31. The van der Waals surface area contributed by atoms with Crippen molar-refractivity contribution in [2.75, 3.05) is 52.7 Å². The zero-order valence-electron chi connectivity index (χ0n) is 18.9. The molecule has 0 aliphatic carbocycles. The van der Waals surface area contributed by atoms with Crippen LogP contribution in [-0.2, 0) is 19.6 Å². The van der Waals surface area contributed by atoms with E-state index < -0.39 is 10.0 Å².